The lowest BCUT2D eigenvalue weighted by Crippen LogP contribution is -2.48. The summed E-state index contributed by atoms with van der Waals surface area (Å²) in [6.07, 6.45) is 0. The van der Waals surface area contributed by atoms with E-state index in [1.807, 2.05) is 13.8 Å². The summed E-state index contributed by atoms with van der Waals surface area (Å²) in [7, 11) is 1.52. The molecule has 1 aromatic rings. The SMILES string of the molecule is COCCN(Cc1ccc(F)cc1Cl)C(=O)CNC(=O)[C@@H](N)C(C)C.Cl. The van der Waals surface area contributed by atoms with E-state index >= 15 is 0 Å². The number of amides is 2. The fraction of sp³-hybridized carbons (Fsp3) is 0.529. The van der Waals surface area contributed by atoms with Crippen molar-refractivity contribution in [3.63, 3.8) is 0 Å². The third-order valence-electron chi connectivity index (χ3n) is 3.73. The molecule has 0 unspecified atom stereocenters. The molecule has 0 radical (unpaired) electrons. The normalized spacial score (nSPS) is 11.7. The number of benzene rings is 1. The molecular weight excluding hydrogens is 384 g/mol. The zero-order valence-electron chi connectivity index (χ0n) is 15.1. The maximum Gasteiger partial charge on any atom is 0.242 e. The average molecular weight is 410 g/mol. The fourth-order valence-corrected chi connectivity index (χ4v) is 2.27. The number of ether oxygens (including phenoxy) is 1. The van der Waals surface area contributed by atoms with Gasteiger partial charge in [0.2, 0.25) is 11.8 Å². The third-order valence-corrected chi connectivity index (χ3v) is 4.08. The van der Waals surface area contributed by atoms with Gasteiger partial charge in [-0.2, -0.15) is 0 Å². The van der Waals surface area contributed by atoms with Crippen molar-refractivity contribution in [2.75, 3.05) is 26.8 Å². The minimum absolute atomic E-state index is 0. The van der Waals surface area contributed by atoms with Crippen LogP contribution >= 0.6 is 24.0 Å². The van der Waals surface area contributed by atoms with E-state index in [9.17, 15) is 14.0 Å². The van der Waals surface area contributed by atoms with Crippen LogP contribution in [0.2, 0.25) is 5.02 Å². The maximum absolute atomic E-state index is 13.2. The van der Waals surface area contributed by atoms with Gasteiger partial charge in [0.1, 0.15) is 5.82 Å². The second-order valence-corrected chi connectivity index (χ2v) is 6.44. The summed E-state index contributed by atoms with van der Waals surface area (Å²) in [6, 6.07) is 3.33. The van der Waals surface area contributed by atoms with Crippen LogP contribution in [0.1, 0.15) is 19.4 Å². The Kier molecular flexibility index (Phi) is 11.4. The van der Waals surface area contributed by atoms with Gasteiger partial charge in [0.25, 0.3) is 0 Å². The first-order valence-corrected chi connectivity index (χ1v) is 8.38. The standard InChI is InChI=1S/C17H25ClFN3O3.ClH/c1-11(2)16(20)17(24)21-9-15(23)22(6-7-25-3)10-12-4-5-13(19)8-14(12)18;/h4-5,8,11,16H,6-7,9-10,20H2,1-3H3,(H,21,24);1H/t16-;/m0./s1. The molecule has 0 fully saturated rings. The van der Waals surface area contributed by atoms with E-state index in [4.69, 9.17) is 22.1 Å². The molecule has 0 aliphatic rings. The lowest BCUT2D eigenvalue weighted by Gasteiger charge is -2.24. The van der Waals surface area contributed by atoms with Crippen LogP contribution in [0.15, 0.2) is 18.2 Å². The Labute approximate surface area is 164 Å². The third kappa shape index (κ3) is 7.86. The second-order valence-electron chi connectivity index (χ2n) is 6.03. The van der Waals surface area contributed by atoms with E-state index < -0.39 is 11.9 Å². The van der Waals surface area contributed by atoms with Crippen LogP contribution in [-0.4, -0.2) is 49.6 Å². The highest BCUT2D eigenvalue weighted by molar-refractivity contribution is 6.31. The molecule has 6 nitrogen and oxygen atoms in total. The average Bonchev–Trinajstić information content (AvgIpc) is 2.57. The Balaban J connectivity index is 0.00000625. The molecule has 0 saturated heterocycles. The highest BCUT2D eigenvalue weighted by Crippen LogP contribution is 2.19. The summed E-state index contributed by atoms with van der Waals surface area (Å²) in [5.74, 6) is -1.16. The van der Waals surface area contributed by atoms with Gasteiger partial charge in [-0.3, -0.25) is 9.59 Å². The summed E-state index contributed by atoms with van der Waals surface area (Å²) >= 11 is 6.02. The van der Waals surface area contributed by atoms with Gasteiger partial charge in [-0.1, -0.05) is 31.5 Å². The van der Waals surface area contributed by atoms with Crippen molar-refractivity contribution in [3.05, 3.63) is 34.6 Å². The van der Waals surface area contributed by atoms with Gasteiger partial charge in [-0.05, 0) is 23.6 Å². The molecule has 0 aromatic heterocycles. The Morgan fingerprint density at radius 3 is 2.58 bits per heavy atom. The van der Waals surface area contributed by atoms with Crippen molar-refractivity contribution < 1.29 is 18.7 Å². The maximum atomic E-state index is 13.2. The first-order chi connectivity index (χ1) is 11.8. The van der Waals surface area contributed by atoms with Gasteiger partial charge in [-0.25, -0.2) is 4.39 Å². The molecule has 1 atom stereocenters. The molecule has 0 saturated carbocycles. The summed E-state index contributed by atoms with van der Waals surface area (Å²) < 4.78 is 18.2. The van der Waals surface area contributed by atoms with Crippen LogP contribution < -0.4 is 11.1 Å². The van der Waals surface area contributed by atoms with E-state index in [1.165, 1.54) is 30.2 Å². The molecule has 3 N–H and O–H groups in total. The molecule has 0 bridgehead atoms. The van der Waals surface area contributed by atoms with Crippen molar-refractivity contribution in [2.45, 2.75) is 26.4 Å². The van der Waals surface area contributed by atoms with Gasteiger partial charge in [0.05, 0.1) is 19.2 Å². The quantitative estimate of drug-likeness (QED) is 0.652. The highest BCUT2D eigenvalue weighted by Gasteiger charge is 2.20. The van der Waals surface area contributed by atoms with E-state index in [-0.39, 0.29) is 48.3 Å². The van der Waals surface area contributed by atoms with Crippen LogP contribution in [0.4, 0.5) is 4.39 Å². The zero-order chi connectivity index (χ0) is 19.0. The van der Waals surface area contributed by atoms with Crippen molar-refractivity contribution in [1.29, 1.82) is 0 Å². The van der Waals surface area contributed by atoms with Gasteiger partial charge in [-0.15, -0.1) is 12.4 Å². The monoisotopic (exact) mass is 409 g/mol. The van der Waals surface area contributed by atoms with Crippen molar-refractivity contribution in [2.24, 2.45) is 11.7 Å². The van der Waals surface area contributed by atoms with Gasteiger partial charge in [0, 0.05) is 25.2 Å². The number of nitrogens with zero attached hydrogens (tertiary/aromatic N) is 1. The molecule has 148 valence electrons. The molecule has 26 heavy (non-hydrogen) atoms. The topological polar surface area (TPSA) is 84.7 Å². The van der Waals surface area contributed by atoms with Crippen LogP contribution in [-0.2, 0) is 20.9 Å². The Bertz CT molecular complexity index is 603. The van der Waals surface area contributed by atoms with Crippen molar-refractivity contribution >= 4 is 35.8 Å². The zero-order valence-corrected chi connectivity index (χ0v) is 16.7. The highest BCUT2D eigenvalue weighted by atomic mass is 35.5. The minimum Gasteiger partial charge on any atom is -0.383 e. The number of methoxy groups -OCH3 is 1. The van der Waals surface area contributed by atoms with Gasteiger partial charge >= 0.3 is 0 Å². The Hall–Kier alpha value is -1.41. The smallest absolute Gasteiger partial charge is 0.242 e. The number of nitrogens with one attached hydrogen (secondary N) is 1. The number of rotatable bonds is 9. The number of carbonyl (C=O) groups is 2. The van der Waals surface area contributed by atoms with E-state index in [0.29, 0.717) is 18.7 Å². The lowest BCUT2D eigenvalue weighted by molar-refractivity contribution is -0.134. The number of nitrogens with two attached hydrogens (primary N) is 1. The summed E-state index contributed by atoms with van der Waals surface area (Å²) in [6.45, 7) is 4.30. The molecule has 0 aliphatic heterocycles. The van der Waals surface area contributed by atoms with Gasteiger partial charge < -0.3 is 20.7 Å². The molecule has 0 aliphatic carbocycles. The largest absolute Gasteiger partial charge is 0.383 e. The van der Waals surface area contributed by atoms with E-state index in [2.05, 4.69) is 5.32 Å². The lowest BCUT2D eigenvalue weighted by atomic mass is 10.1. The van der Waals surface area contributed by atoms with Crippen LogP contribution in [0.25, 0.3) is 0 Å². The molecule has 9 heteroatoms. The molecule has 1 rings (SSSR count). The molecule has 0 heterocycles. The molecule has 0 spiro atoms. The second kappa shape index (κ2) is 12.1. The van der Waals surface area contributed by atoms with Crippen molar-refractivity contribution in [1.82, 2.24) is 10.2 Å². The number of hydrogen-bond acceptors (Lipinski definition) is 4. The Morgan fingerprint density at radius 1 is 1.38 bits per heavy atom. The summed E-state index contributed by atoms with van der Waals surface area (Å²) in [5, 5.41) is 2.78. The number of carbonyl (C=O) groups excluding carboxylic acids is 2. The first kappa shape index (κ1) is 24.6. The predicted octanol–water partition coefficient (Wildman–Crippen LogP) is 1.98. The van der Waals surface area contributed by atoms with Gasteiger partial charge in [0.15, 0.2) is 0 Å². The van der Waals surface area contributed by atoms with Crippen LogP contribution in [0, 0.1) is 11.7 Å². The first-order valence-electron chi connectivity index (χ1n) is 8.00. The van der Waals surface area contributed by atoms with E-state index in [0.717, 1.165) is 0 Å². The predicted molar refractivity (Wildman–Crippen MR) is 102 cm³/mol. The molecule has 2 amide bonds. The van der Waals surface area contributed by atoms with E-state index in [1.54, 1.807) is 0 Å². The summed E-state index contributed by atoms with van der Waals surface area (Å²) in [4.78, 5) is 25.8. The minimum atomic E-state index is -0.674. The molecule has 1 aromatic carbocycles. The summed E-state index contributed by atoms with van der Waals surface area (Å²) in [5.41, 5.74) is 6.36. The molecular formula is C17H26Cl2FN3O3. The number of hydrogen-bond donors (Lipinski definition) is 2. The fourth-order valence-electron chi connectivity index (χ4n) is 2.04. The Morgan fingerprint density at radius 2 is 2.04 bits per heavy atom. The van der Waals surface area contributed by atoms with Crippen molar-refractivity contribution in [3.8, 4) is 0 Å². The van der Waals surface area contributed by atoms with Crippen LogP contribution in [0.3, 0.4) is 0 Å². The number of halogens is 3. The van der Waals surface area contributed by atoms with Crippen LogP contribution in [0.5, 0.6) is 0 Å².